The molecule has 0 saturated heterocycles. The maximum absolute atomic E-state index is 11.4. The molecule has 0 bridgehead atoms. The highest BCUT2D eigenvalue weighted by Crippen LogP contribution is 2.39. The van der Waals surface area contributed by atoms with Gasteiger partial charge >= 0.3 is 0 Å². The number of aromatic nitrogens is 2. The van der Waals surface area contributed by atoms with Crippen molar-refractivity contribution in [3.63, 3.8) is 0 Å². The van der Waals surface area contributed by atoms with Gasteiger partial charge in [-0.3, -0.25) is 4.79 Å². The first kappa shape index (κ1) is 13.1. The Labute approximate surface area is 108 Å². The number of hydrogen-bond donors (Lipinski definition) is 1. The molecular formula is C13H21N3O2. The summed E-state index contributed by atoms with van der Waals surface area (Å²) in [5.74, 6) is 1.86. The third-order valence-electron chi connectivity index (χ3n) is 3.22. The third kappa shape index (κ3) is 3.32. The first-order chi connectivity index (χ1) is 8.72. The molecule has 0 aliphatic heterocycles. The number of amides is 1. The smallest absolute Gasteiger partial charge is 0.222 e. The molecule has 2 rings (SSSR count). The van der Waals surface area contributed by atoms with E-state index >= 15 is 0 Å². The maximum atomic E-state index is 11.4. The Balaban J connectivity index is 1.79. The first-order valence-corrected chi connectivity index (χ1v) is 6.50. The molecule has 1 amide bonds. The van der Waals surface area contributed by atoms with Gasteiger partial charge in [-0.05, 0) is 19.8 Å². The average molecular weight is 251 g/mol. The predicted molar refractivity (Wildman–Crippen MR) is 68.4 cm³/mol. The number of hydrogen-bond acceptors (Lipinski definition) is 3. The summed E-state index contributed by atoms with van der Waals surface area (Å²) in [6.45, 7) is 3.99. The van der Waals surface area contributed by atoms with E-state index < -0.39 is 0 Å². The summed E-state index contributed by atoms with van der Waals surface area (Å²) < 4.78 is 7.08. The van der Waals surface area contributed by atoms with Crippen molar-refractivity contribution in [1.82, 2.24) is 14.9 Å². The minimum absolute atomic E-state index is 0.0441. The molecule has 0 radical (unpaired) electrons. The van der Waals surface area contributed by atoms with Crippen LogP contribution in [-0.4, -0.2) is 35.7 Å². The summed E-state index contributed by atoms with van der Waals surface area (Å²) >= 11 is 0. The van der Waals surface area contributed by atoms with Gasteiger partial charge in [-0.2, -0.15) is 0 Å². The Morgan fingerprint density at radius 1 is 1.61 bits per heavy atom. The summed E-state index contributed by atoms with van der Waals surface area (Å²) in [7, 11) is 1.60. The predicted octanol–water partition coefficient (Wildman–Crippen LogP) is 1.22. The minimum atomic E-state index is 0.0441. The molecule has 1 fully saturated rings. The molecule has 1 aliphatic carbocycles. The van der Waals surface area contributed by atoms with Gasteiger partial charge in [-0.25, -0.2) is 4.98 Å². The van der Waals surface area contributed by atoms with Gasteiger partial charge in [-0.15, -0.1) is 0 Å². The zero-order valence-electron chi connectivity index (χ0n) is 11.1. The fourth-order valence-electron chi connectivity index (χ4n) is 2.03. The Morgan fingerprint density at radius 3 is 3.06 bits per heavy atom. The van der Waals surface area contributed by atoms with Crippen molar-refractivity contribution in [3.8, 4) is 0 Å². The van der Waals surface area contributed by atoms with Crippen LogP contribution in [0.5, 0.6) is 0 Å². The Bertz CT molecular complexity index is 410. The van der Waals surface area contributed by atoms with Crippen LogP contribution in [0.2, 0.25) is 0 Å². The van der Waals surface area contributed by atoms with E-state index in [1.54, 1.807) is 7.11 Å². The lowest BCUT2D eigenvalue weighted by Crippen LogP contribution is -2.28. The number of rotatable bonds is 7. The summed E-state index contributed by atoms with van der Waals surface area (Å²) in [4.78, 5) is 15.9. The van der Waals surface area contributed by atoms with Gasteiger partial charge in [0.1, 0.15) is 5.82 Å². The average Bonchev–Trinajstić information content (AvgIpc) is 3.13. The van der Waals surface area contributed by atoms with Crippen molar-refractivity contribution < 1.29 is 9.53 Å². The summed E-state index contributed by atoms with van der Waals surface area (Å²) in [5, 5.41) is 2.90. The van der Waals surface area contributed by atoms with Crippen molar-refractivity contribution in [1.29, 1.82) is 0 Å². The van der Waals surface area contributed by atoms with E-state index in [0.29, 0.717) is 25.5 Å². The lowest BCUT2D eigenvalue weighted by Gasteiger charge is -2.10. The SMILES string of the molecule is COCCC(=O)NCCn1c(C)cnc1C1CC1. The Hall–Kier alpha value is -1.36. The van der Waals surface area contributed by atoms with Gasteiger partial charge in [0.2, 0.25) is 5.91 Å². The van der Waals surface area contributed by atoms with E-state index in [4.69, 9.17) is 4.74 Å². The van der Waals surface area contributed by atoms with E-state index in [9.17, 15) is 4.79 Å². The monoisotopic (exact) mass is 251 g/mol. The second-order valence-electron chi connectivity index (χ2n) is 4.78. The van der Waals surface area contributed by atoms with Crippen LogP contribution in [0.3, 0.4) is 0 Å². The molecule has 18 heavy (non-hydrogen) atoms. The molecule has 100 valence electrons. The lowest BCUT2D eigenvalue weighted by molar-refractivity contribution is -0.121. The van der Waals surface area contributed by atoms with E-state index in [1.165, 1.54) is 24.4 Å². The number of aryl methyl sites for hydroxylation is 1. The Kier molecular flexibility index (Phi) is 4.36. The van der Waals surface area contributed by atoms with Gasteiger partial charge < -0.3 is 14.6 Å². The number of imidazole rings is 1. The second kappa shape index (κ2) is 6.00. The zero-order valence-corrected chi connectivity index (χ0v) is 11.1. The van der Waals surface area contributed by atoms with Gasteiger partial charge in [-0.1, -0.05) is 0 Å². The van der Waals surface area contributed by atoms with Gasteiger partial charge in [0.25, 0.3) is 0 Å². The highest BCUT2D eigenvalue weighted by atomic mass is 16.5. The maximum Gasteiger partial charge on any atom is 0.222 e. The summed E-state index contributed by atoms with van der Waals surface area (Å²) in [6.07, 6.45) is 4.84. The standard InChI is InChI=1S/C13H21N3O2/c1-10-9-15-13(11-3-4-11)16(10)7-6-14-12(17)5-8-18-2/h9,11H,3-8H2,1-2H3,(H,14,17). The van der Waals surface area contributed by atoms with Gasteiger partial charge in [0, 0.05) is 44.4 Å². The third-order valence-corrected chi connectivity index (χ3v) is 3.22. The molecule has 1 aliphatic rings. The number of carbonyl (C=O) groups excluding carboxylic acids is 1. The van der Waals surface area contributed by atoms with Crippen molar-refractivity contribution in [2.75, 3.05) is 20.3 Å². The van der Waals surface area contributed by atoms with Crippen LogP contribution in [0.15, 0.2) is 6.20 Å². The van der Waals surface area contributed by atoms with Crippen LogP contribution in [0, 0.1) is 6.92 Å². The van der Waals surface area contributed by atoms with Crippen LogP contribution in [0.25, 0.3) is 0 Å². The minimum Gasteiger partial charge on any atom is -0.384 e. The van der Waals surface area contributed by atoms with Crippen LogP contribution in [0.1, 0.15) is 36.7 Å². The quantitative estimate of drug-likeness (QED) is 0.792. The normalized spacial score (nSPS) is 14.8. The van der Waals surface area contributed by atoms with Crippen molar-refractivity contribution in [3.05, 3.63) is 17.7 Å². The molecule has 0 spiro atoms. The molecule has 1 aromatic rings. The summed E-state index contributed by atoms with van der Waals surface area (Å²) in [6, 6.07) is 0. The topological polar surface area (TPSA) is 56.1 Å². The van der Waals surface area contributed by atoms with E-state index in [-0.39, 0.29) is 5.91 Å². The fourth-order valence-corrected chi connectivity index (χ4v) is 2.03. The largest absolute Gasteiger partial charge is 0.384 e. The number of nitrogens with zero attached hydrogens (tertiary/aromatic N) is 2. The van der Waals surface area contributed by atoms with Gasteiger partial charge in [0.15, 0.2) is 0 Å². The molecule has 0 aromatic carbocycles. The molecular weight excluding hydrogens is 230 g/mol. The molecule has 0 unspecified atom stereocenters. The van der Waals surface area contributed by atoms with Crippen LogP contribution < -0.4 is 5.32 Å². The van der Waals surface area contributed by atoms with Crippen LogP contribution in [-0.2, 0) is 16.1 Å². The molecule has 5 heteroatoms. The van der Waals surface area contributed by atoms with Crippen molar-refractivity contribution >= 4 is 5.91 Å². The van der Waals surface area contributed by atoms with Crippen molar-refractivity contribution in [2.45, 2.75) is 38.6 Å². The second-order valence-corrected chi connectivity index (χ2v) is 4.78. The van der Waals surface area contributed by atoms with Gasteiger partial charge in [0.05, 0.1) is 6.61 Å². The van der Waals surface area contributed by atoms with E-state index in [0.717, 1.165) is 6.54 Å². The number of ether oxygens (including phenoxy) is 1. The number of nitrogens with one attached hydrogen (secondary N) is 1. The van der Waals surface area contributed by atoms with E-state index in [2.05, 4.69) is 21.8 Å². The van der Waals surface area contributed by atoms with E-state index in [1.807, 2.05) is 6.20 Å². The molecule has 1 saturated carbocycles. The van der Waals surface area contributed by atoms with Crippen LogP contribution >= 0.6 is 0 Å². The molecule has 1 heterocycles. The highest BCUT2D eigenvalue weighted by Gasteiger charge is 2.28. The lowest BCUT2D eigenvalue weighted by atomic mass is 10.3. The molecule has 1 N–H and O–H groups in total. The summed E-state index contributed by atoms with van der Waals surface area (Å²) in [5.41, 5.74) is 1.17. The zero-order chi connectivity index (χ0) is 13.0. The van der Waals surface area contributed by atoms with Crippen LogP contribution in [0.4, 0.5) is 0 Å². The molecule has 5 nitrogen and oxygen atoms in total. The highest BCUT2D eigenvalue weighted by molar-refractivity contribution is 5.75. The fraction of sp³-hybridized carbons (Fsp3) is 0.692. The van der Waals surface area contributed by atoms with Crippen molar-refractivity contribution in [2.24, 2.45) is 0 Å². The first-order valence-electron chi connectivity index (χ1n) is 6.50. The number of methoxy groups -OCH3 is 1. The molecule has 1 aromatic heterocycles. The number of carbonyl (C=O) groups is 1. The Morgan fingerprint density at radius 2 is 2.39 bits per heavy atom. The molecule has 0 atom stereocenters.